The van der Waals surface area contributed by atoms with Gasteiger partial charge in [-0.15, -0.1) is 0 Å². The summed E-state index contributed by atoms with van der Waals surface area (Å²) in [6, 6.07) is 8.24. The van der Waals surface area contributed by atoms with Crippen LogP contribution in [0.25, 0.3) is 10.8 Å². The van der Waals surface area contributed by atoms with Gasteiger partial charge in [-0.2, -0.15) is 0 Å². The Balaban J connectivity index is 2.03. The van der Waals surface area contributed by atoms with Crippen molar-refractivity contribution in [3.05, 3.63) is 34.9 Å². The van der Waals surface area contributed by atoms with E-state index in [9.17, 15) is 0 Å². The lowest BCUT2D eigenvalue weighted by Gasteiger charge is -2.30. The molecule has 0 amide bonds. The monoisotopic (exact) mass is 319 g/mol. The van der Waals surface area contributed by atoms with E-state index in [0.717, 1.165) is 28.5 Å². The molecule has 3 rings (SSSR count). The van der Waals surface area contributed by atoms with Crippen LogP contribution in [0, 0.1) is 0 Å². The van der Waals surface area contributed by atoms with Crippen molar-refractivity contribution >= 4 is 32.5 Å². The van der Waals surface area contributed by atoms with E-state index in [2.05, 4.69) is 38.4 Å². The molecule has 0 saturated heterocycles. The fraction of sp³-hybridized carbons (Fsp3) is 0.400. The Hall–Kier alpha value is -1.13. The molecular weight excluding hydrogens is 302 g/mol. The van der Waals surface area contributed by atoms with Gasteiger partial charge in [-0.05, 0) is 25.0 Å². The molecule has 4 heteroatoms. The molecule has 1 aliphatic rings. The number of pyridine rings is 1. The van der Waals surface area contributed by atoms with E-state index in [1.807, 2.05) is 18.3 Å². The van der Waals surface area contributed by atoms with Crippen LogP contribution in [0.3, 0.4) is 0 Å². The van der Waals surface area contributed by atoms with Crippen molar-refractivity contribution in [2.75, 3.05) is 11.9 Å². The van der Waals surface area contributed by atoms with Crippen LogP contribution < -0.4 is 11.1 Å². The molecular formula is C15H18BrN3. The third-order valence-electron chi connectivity index (χ3n) is 4.09. The summed E-state index contributed by atoms with van der Waals surface area (Å²) >= 11 is 3.59. The first-order valence-electron chi connectivity index (χ1n) is 6.76. The SMILES string of the molecule is NCC1(Nc2nccc3c(Br)cccc23)CCCC1. The minimum absolute atomic E-state index is 0.0314. The van der Waals surface area contributed by atoms with Gasteiger partial charge in [-0.1, -0.05) is 40.9 Å². The number of halogens is 1. The Labute approximate surface area is 121 Å². The second-order valence-corrected chi connectivity index (χ2v) is 6.17. The number of nitrogens with two attached hydrogens (primary N) is 1. The van der Waals surface area contributed by atoms with Crippen molar-refractivity contribution in [3.8, 4) is 0 Å². The molecule has 0 bridgehead atoms. The Morgan fingerprint density at radius 3 is 2.74 bits per heavy atom. The average molecular weight is 320 g/mol. The van der Waals surface area contributed by atoms with Gasteiger partial charge in [0, 0.05) is 28.0 Å². The highest BCUT2D eigenvalue weighted by Gasteiger charge is 2.32. The largest absolute Gasteiger partial charge is 0.363 e. The number of hydrogen-bond donors (Lipinski definition) is 2. The minimum atomic E-state index is 0.0314. The predicted octanol–water partition coefficient (Wildman–Crippen LogP) is 3.68. The Bertz CT molecular complexity index is 591. The summed E-state index contributed by atoms with van der Waals surface area (Å²) in [5.74, 6) is 0.950. The molecule has 3 nitrogen and oxygen atoms in total. The summed E-state index contributed by atoms with van der Waals surface area (Å²) in [5, 5.41) is 5.95. The zero-order valence-electron chi connectivity index (χ0n) is 10.8. The quantitative estimate of drug-likeness (QED) is 0.907. The highest BCUT2D eigenvalue weighted by Crippen LogP contribution is 2.35. The van der Waals surface area contributed by atoms with E-state index < -0.39 is 0 Å². The zero-order valence-corrected chi connectivity index (χ0v) is 12.4. The number of nitrogens with one attached hydrogen (secondary N) is 1. The first-order chi connectivity index (χ1) is 9.24. The van der Waals surface area contributed by atoms with Gasteiger partial charge in [-0.3, -0.25) is 0 Å². The van der Waals surface area contributed by atoms with Crippen LogP contribution in [0.4, 0.5) is 5.82 Å². The van der Waals surface area contributed by atoms with Crippen molar-refractivity contribution in [3.63, 3.8) is 0 Å². The lowest BCUT2D eigenvalue weighted by Crippen LogP contribution is -2.43. The summed E-state index contributed by atoms with van der Waals surface area (Å²) in [6.45, 7) is 0.666. The van der Waals surface area contributed by atoms with Gasteiger partial charge < -0.3 is 11.1 Å². The molecule has 0 unspecified atom stereocenters. The second kappa shape index (κ2) is 5.10. The van der Waals surface area contributed by atoms with Crippen LogP contribution in [0.2, 0.25) is 0 Å². The maximum atomic E-state index is 5.99. The van der Waals surface area contributed by atoms with Gasteiger partial charge >= 0.3 is 0 Å². The molecule has 100 valence electrons. The van der Waals surface area contributed by atoms with E-state index >= 15 is 0 Å². The number of fused-ring (bicyclic) bond motifs is 1. The topological polar surface area (TPSA) is 50.9 Å². The molecule has 19 heavy (non-hydrogen) atoms. The lowest BCUT2D eigenvalue weighted by atomic mass is 9.97. The summed E-state index contributed by atoms with van der Waals surface area (Å²) in [5.41, 5.74) is 6.02. The number of anilines is 1. The molecule has 0 aliphatic heterocycles. The number of rotatable bonds is 3. The van der Waals surface area contributed by atoms with Crippen molar-refractivity contribution in [2.45, 2.75) is 31.2 Å². The van der Waals surface area contributed by atoms with Crippen LogP contribution in [0.15, 0.2) is 34.9 Å². The Morgan fingerprint density at radius 1 is 1.21 bits per heavy atom. The van der Waals surface area contributed by atoms with Gasteiger partial charge in [0.1, 0.15) is 5.82 Å². The molecule has 1 aliphatic carbocycles. The molecule has 3 N–H and O–H groups in total. The molecule has 1 saturated carbocycles. The predicted molar refractivity (Wildman–Crippen MR) is 83.3 cm³/mol. The number of benzene rings is 1. The minimum Gasteiger partial charge on any atom is -0.363 e. The zero-order chi connectivity index (χ0) is 13.3. The number of aromatic nitrogens is 1. The van der Waals surface area contributed by atoms with Crippen LogP contribution in [0.5, 0.6) is 0 Å². The second-order valence-electron chi connectivity index (χ2n) is 5.31. The smallest absolute Gasteiger partial charge is 0.134 e. The molecule has 0 spiro atoms. The molecule has 1 aromatic heterocycles. The third-order valence-corrected chi connectivity index (χ3v) is 4.78. The summed E-state index contributed by atoms with van der Waals surface area (Å²) < 4.78 is 1.10. The molecule has 2 aromatic rings. The van der Waals surface area contributed by atoms with Crippen LogP contribution in [-0.4, -0.2) is 17.1 Å². The summed E-state index contributed by atoms with van der Waals surface area (Å²) in [6.07, 6.45) is 6.62. The van der Waals surface area contributed by atoms with Gasteiger partial charge in [0.05, 0.1) is 5.54 Å². The highest BCUT2D eigenvalue weighted by atomic mass is 79.9. The Morgan fingerprint density at radius 2 is 2.00 bits per heavy atom. The van der Waals surface area contributed by atoms with Crippen molar-refractivity contribution in [1.82, 2.24) is 4.98 Å². The van der Waals surface area contributed by atoms with E-state index in [0.29, 0.717) is 6.54 Å². The fourth-order valence-corrected chi connectivity index (χ4v) is 3.45. The van der Waals surface area contributed by atoms with E-state index in [4.69, 9.17) is 5.73 Å². The van der Waals surface area contributed by atoms with Crippen molar-refractivity contribution < 1.29 is 0 Å². The molecule has 0 atom stereocenters. The maximum absolute atomic E-state index is 5.99. The van der Waals surface area contributed by atoms with Gasteiger partial charge in [0.2, 0.25) is 0 Å². The third kappa shape index (κ3) is 2.35. The van der Waals surface area contributed by atoms with Gasteiger partial charge in [0.25, 0.3) is 0 Å². The Kier molecular flexibility index (Phi) is 3.46. The lowest BCUT2D eigenvalue weighted by molar-refractivity contribution is 0.492. The van der Waals surface area contributed by atoms with E-state index in [1.165, 1.54) is 18.2 Å². The van der Waals surface area contributed by atoms with Crippen molar-refractivity contribution in [2.24, 2.45) is 5.73 Å². The van der Waals surface area contributed by atoms with Crippen LogP contribution >= 0.6 is 15.9 Å². The van der Waals surface area contributed by atoms with E-state index in [1.54, 1.807) is 0 Å². The highest BCUT2D eigenvalue weighted by molar-refractivity contribution is 9.10. The number of hydrogen-bond acceptors (Lipinski definition) is 3. The van der Waals surface area contributed by atoms with Crippen LogP contribution in [-0.2, 0) is 0 Å². The summed E-state index contributed by atoms with van der Waals surface area (Å²) in [4.78, 5) is 4.52. The normalized spacial score (nSPS) is 17.8. The first-order valence-corrected chi connectivity index (χ1v) is 7.55. The van der Waals surface area contributed by atoms with Crippen LogP contribution in [0.1, 0.15) is 25.7 Å². The molecule has 1 aromatic carbocycles. The van der Waals surface area contributed by atoms with Gasteiger partial charge in [-0.25, -0.2) is 4.98 Å². The maximum Gasteiger partial charge on any atom is 0.134 e. The summed E-state index contributed by atoms with van der Waals surface area (Å²) in [7, 11) is 0. The first kappa shape index (κ1) is 12.9. The molecule has 1 fully saturated rings. The molecule has 0 radical (unpaired) electrons. The fourth-order valence-electron chi connectivity index (χ4n) is 2.95. The number of nitrogens with zero attached hydrogens (tertiary/aromatic N) is 1. The average Bonchev–Trinajstić information content (AvgIpc) is 2.89. The van der Waals surface area contributed by atoms with E-state index in [-0.39, 0.29) is 5.54 Å². The standard InChI is InChI=1S/C15H18BrN3/c16-13-5-3-4-12-11(13)6-9-18-14(12)19-15(10-17)7-1-2-8-15/h3-6,9H,1-2,7-8,10,17H2,(H,18,19). The van der Waals surface area contributed by atoms with Crippen molar-refractivity contribution in [1.29, 1.82) is 0 Å². The van der Waals surface area contributed by atoms with Gasteiger partial charge in [0.15, 0.2) is 0 Å². The molecule has 1 heterocycles.